The van der Waals surface area contributed by atoms with Crippen LogP contribution in [0.2, 0.25) is 0 Å². The molecule has 288 valence electrons. The Bertz CT molecular complexity index is 607. The van der Waals surface area contributed by atoms with E-state index in [0.717, 1.165) is 44.6 Å². The van der Waals surface area contributed by atoms with Crippen molar-refractivity contribution in [2.75, 3.05) is 158 Å². The predicted molar refractivity (Wildman–Crippen MR) is 183 cm³/mol. The first-order chi connectivity index (χ1) is 23.8. The van der Waals surface area contributed by atoms with Crippen molar-refractivity contribution in [3.8, 4) is 0 Å². The molecule has 0 saturated carbocycles. The maximum absolute atomic E-state index is 11.5. The summed E-state index contributed by atoms with van der Waals surface area (Å²) in [6.45, 7) is 13.8. The highest BCUT2D eigenvalue weighted by atomic mass is 35.5. The Morgan fingerprint density at radius 2 is 0.646 bits per heavy atom. The average Bonchev–Trinajstić information content (AvgIpc) is 3.09. The van der Waals surface area contributed by atoms with Gasteiger partial charge in [0.15, 0.2) is 0 Å². The molecule has 13 nitrogen and oxygen atoms in total. The van der Waals surface area contributed by atoms with Gasteiger partial charge < -0.3 is 56.8 Å². The standard InChI is InChI=1S/C34H67ClO13/c1-2-3-6-9-34(36)48-33-32-47-31-30-46-29-28-45-27-26-44-25-24-43-23-22-42-21-20-41-19-18-40-17-16-39-15-14-38-13-12-37-11-8-5-4-7-10-35/h2-33H2,1H3. The van der Waals surface area contributed by atoms with Crippen molar-refractivity contribution >= 4 is 17.6 Å². The summed E-state index contributed by atoms with van der Waals surface area (Å²) >= 11 is 5.65. The quantitative estimate of drug-likeness (QED) is 0.0511. The van der Waals surface area contributed by atoms with E-state index in [1.165, 1.54) is 12.8 Å². The van der Waals surface area contributed by atoms with Gasteiger partial charge >= 0.3 is 5.97 Å². The van der Waals surface area contributed by atoms with Crippen LogP contribution in [0.1, 0.15) is 58.3 Å². The summed E-state index contributed by atoms with van der Waals surface area (Å²) in [5, 5.41) is 0. The van der Waals surface area contributed by atoms with Crippen molar-refractivity contribution in [1.82, 2.24) is 0 Å². The first-order valence-corrected chi connectivity index (χ1v) is 18.4. The lowest BCUT2D eigenvalue weighted by atomic mass is 10.2. The van der Waals surface area contributed by atoms with E-state index in [1.54, 1.807) is 0 Å². The van der Waals surface area contributed by atoms with Crippen LogP contribution in [0.5, 0.6) is 0 Å². The molecule has 0 rings (SSSR count). The van der Waals surface area contributed by atoms with Crippen molar-refractivity contribution in [3.05, 3.63) is 0 Å². The highest BCUT2D eigenvalue weighted by Gasteiger charge is 2.02. The zero-order chi connectivity index (χ0) is 34.7. The molecule has 0 atom stereocenters. The third kappa shape index (κ3) is 43.3. The molecule has 0 aromatic rings. The van der Waals surface area contributed by atoms with Crippen LogP contribution in [-0.2, 0) is 61.6 Å². The zero-order valence-electron chi connectivity index (χ0n) is 29.8. The van der Waals surface area contributed by atoms with Gasteiger partial charge in [-0.1, -0.05) is 32.6 Å². The second-order valence-corrected chi connectivity index (χ2v) is 10.9. The monoisotopic (exact) mass is 718 g/mol. The molecule has 0 spiro atoms. The van der Waals surface area contributed by atoms with Crippen molar-refractivity contribution in [3.63, 3.8) is 0 Å². The number of hydrogen-bond donors (Lipinski definition) is 0. The van der Waals surface area contributed by atoms with E-state index >= 15 is 0 Å². The summed E-state index contributed by atoms with van der Waals surface area (Å²) in [6.07, 6.45) is 7.98. The first-order valence-electron chi connectivity index (χ1n) is 17.9. The van der Waals surface area contributed by atoms with Gasteiger partial charge in [-0.15, -0.1) is 11.6 Å². The van der Waals surface area contributed by atoms with Gasteiger partial charge in [0.05, 0.1) is 139 Å². The molecule has 0 N–H and O–H groups in total. The first kappa shape index (κ1) is 47.3. The molecular formula is C34H67ClO13. The number of unbranched alkanes of at least 4 members (excludes halogenated alkanes) is 5. The highest BCUT2D eigenvalue weighted by Crippen LogP contribution is 2.01. The van der Waals surface area contributed by atoms with Crippen LogP contribution in [-0.4, -0.2) is 164 Å². The number of halogens is 1. The van der Waals surface area contributed by atoms with Gasteiger partial charge in [-0.25, -0.2) is 0 Å². The van der Waals surface area contributed by atoms with Crippen LogP contribution in [0.15, 0.2) is 0 Å². The largest absolute Gasteiger partial charge is 0.463 e. The molecule has 0 radical (unpaired) electrons. The summed E-state index contributed by atoms with van der Waals surface area (Å²) in [5.41, 5.74) is 0. The van der Waals surface area contributed by atoms with Crippen LogP contribution >= 0.6 is 11.6 Å². The predicted octanol–water partition coefficient (Wildman–Crippen LogP) is 4.09. The summed E-state index contributed by atoms with van der Waals surface area (Å²) in [6, 6.07) is 0. The molecule has 0 fully saturated rings. The normalized spacial score (nSPS) is 11.5. The summed E-state index contributed by atoms with van der Waals surface area (Å²) in [7, 11) is 0. The average molecular weight is 719 g/mol. The lowest BCUT2D eigenvalue weighted by molar-refractivity contribution is -0.145. The molecule has 0 aliphatic carbocycles. The maximum Gasteiger partial charge on any atom is 0.305 e. The Morgan fingerprint density at radius 3 is 0.958 bits per heavy atom. The van der Waals surface area contributed by atoms with E-state index in [4.69, 9.17) is 68.4 Å². The molecular weight excluding hydrogens is 652 g/mol. The van der Waals surface area contributed by atoms with Crippen molar-refractivity contribution in [1.29, 1.82) is 0 Å². The molecule has 0 saturated heterocycles. The van der Waals surface area contributed by atoms with Crippen molar-refractivity contribution in [2.45, 2.75) is 58.3 Å². The minimum Gasteiger partial charge on any atom is -0.463 e. The van der Waals surface area contributed by atoms with Crippen LogP contribution in [0.25, 0.3) is 0 Å². The SMILES string of the molecule is CCCCCC(=O)OCCOCCOCCOCCOCCOCCOCCOCCOCCOCCOCCOCCCCCCCl. The third-order valence-corrected chi connectivity index (χ3v) is 6.63. The summed E-state index contributed by atoms with van der Waals surface area (Å²) < 4.78 is 65.3. The van der Waals surface area contributed by atoms with E-state index in [1.807, 2.05) is 0 Å². The number of rotatable bonds is 43. The van der Waals surface area contributed by atoms with Crippen LogP contribution < -0.4 is 0 Å². The minimum atomic E-state index is -0.159. The van der Waals surface area contributed by atoms with E-state index in [9.17, 15) is 4.79 Å². The van der Waals surface area contributed by atoms with E-state index in [0.29, 0.717) is 145 Å². The van der Waals surface area contributed by atoms with Crippen molar-refractivity contribution < 1.29 is 61.6 Å². The summed E-state index contributed by atoms with van der Waals surface area (Å²) in [5.74, 6) is 0.582. The number of carbonyl (C=O) groups excluding carboxylic acids is 1. The fourth-order valence-corrected chi connectivity index (χ4v) is 3.95. The number of carbonyl (C=O) groups is 1. The van der Waals surface area contributed by atoms with Gasteiger partial charge in [0, 0.05) is 18.9 Å². The zero-order valence-corrected chi connectivity index (χ0v) is 30.6. The molecule has 0 bridgehead atoms. The molecule has 0 unspecified atom stereocenters. The fourth-order valence-electron chi connectivity index (χ4n) is 3.76. The molecule has 14 heteroatoms. The molecule has 0 aromatic carbocycles. The van der Waals surface area contributed by atoms with Gasteiger partial charge in [0.2, 0.25) is 0 Å². The van der Waals surface area contributed by atoms with Crippen LogP contribution in [0.4, 0.5) is 0 Å². The van der Waals surface area contributed by atoms with Crippen LogP contribution in [0.3, 0.4) is 0 Å². The number of ether oxygens (including phenoxy) is 12. The molecule has 0 heterocycles. The second kappa shape index (κ2) is 44.3. The van der Waals surface area contributed by atoms with Crippen LogP contribution in [0, 0.1) is 0 Å². The Hall–Kier alpha value is -0.680. The number of esters is 1. The number of hydrogen-bond acceptors (Lipinski definition) is 13. The van der Waals surface area contributed by atoms with Gasteiger partial charge in [0.25, 0.3) is 0 Å². The maximum atomic E-state index is 11.5. The van der Waals surface area contributed by atoms with Crippen molar-refractivity contribution in [2.24, 2.45) is 0 Å². The molecule has 0 aliphatic rings. The van der Waals surface area contributed by atoms with Gasteiger partial charge in [-0.2, -0.15) is 0 Å². The molecule has 0 aromatic heterocycles. The highest BCUT2D eigenvalue weighted by molar-refractivity contribution is 6.17. The molecule has 0 amide bonds. The van der Waals surface area contributed by atoms with Gasteiger partial charge in [0.1, 0.15) is 6.61 Å². The van der Waals surface area contributed by atoms with Gasteiger partial charge in [-0.05, 0) is 19.3 Å². The Kier molecular flexibility index (Phi) is 43.7. The van der Waals surface area contributed by atoms with E-state index < -0.39 is 0 Å². The second-order valence-electron chi connectivity index (χ2n) is 10.5. The topological polar surface area (TPSA) is 128 Å². The lowest BCUT2D eigenvalue weighted by Gasteiger charge is -2.09. The fraction of sp³-hybridized carbons (Fsp3) is 0.971. The molecule has 0 aliphatic heterocycles. The summed E-state index contributed by atoms with van der Waals surface area (Å²) in [4.78, 5) is 11.5. The van der Waals surface area contributed by atoms with E-state index in [2.05, 4.69) is 6.92 Å². The third-order valence-electron chi connectivity index (χ3n) is 6.37. The minimum absolute atomic E-state index is 0.159. The number of alkyl halides is 1. The van der Waals surface area contributed by atoms with Gasteiger partial charge in [-0.3, -0.25) is 4.79 Å². The lowest BCUT2D eigenvalue weighted by Crippen LogP contribution is -2.15. The van der Waals surface area contributed by atoms with E-state index in [-0.39, 0.29) is 12.6 Å². The Balaban J connectivity index is 3.07. The Morgan fingerprint density at radius 1 is 0.354 bits per heavy atom. The smallest absolute Gasteiger partial charge is 0.305 e. The molecule has 48 heavy (non-hydrogen) atoms. The Labute approximate surface area is 295 Å².